The number of pyridine rings is 1. The number of hydrogen-bond acceptors (Lipinski definition) is 4. The SMILES string of the molecule is O=C(Nc1ncccc1OC(F)F)c1cnc2n1CCCCC2. The minimum Gasteiger partial charge on any atom is -0.431 e. The van der Waals surface area contributed by atoms with Gasteiger partial charge in [-0.05, 0) is 25.0 Å². The van der Waals surface area contributed by atoms with E-state index in [2.05, 4.69) is 20.0 Å². The highest BCUT2D eigenvalue weighted by atomic mass is 19.3. The number of fused-ring (bicyclic) bond motifs is 1. The Hall–Kier alpha value is -2.51. The first kappa shape index (κ1) is 15.4. The van der Waals surface area contributed by atoms with Gasteiger partial charge in [0, 0.05) is 19.2 Å². The number of nitrogens with one attached hydrogen (secondary N) is 1. The number of anilines is 1. The molecule has 2 aromatic heterocycles. The second kappa shape index (κ2) is 6.72. The lowest BCUT2D eigenvalue weighted by Gasteiger charge is -2.12. The molecule has 3 heterocycles. The quantitative estimate of drug-likeness (QED) is 0.940. The molecular formula is C15H16F2N4O2. The van der Waals surface area contributed by atoms with Gasteiger partial charge in [0.05, 0.1) is 6.20 Å². The smallest absolute Gasteiger partial charge is 0.387 e. The van der Waals surface area contributed by atoms with Crippen LogP contribution in [0, 0.1) is 0 Å². The summed E-state index contributed by atoms with van der Waals surface area (Å²) >= 11 is 0. The van der Waals surface area contributed by atoms with Gasteiger partial charge in [0.15, 0.2) is 11.6 Å². The molecule has 6 nitrogen and oxygen atoms in total. The van der Waals surface area contributed by atoms with Crippen LogP contribution in [-0.2, 0) is 13.0 Å². The predicted molar refractivity (Wildman–Crippen MR) is 78.6 cm³/mol. The minimum atomic E-state index is -2.99. The second-order valence-corrected chi connectivity index (χ2v) is 5.20. The molecule has 1 amide bonds. The molecule has 0 aliphatic carbocycles. The van der Waals surface area contributed by atoms with Gasteiger partial charge in [-0.1, -0.05) is 6.42 Å². The van der Waals surface area contributed by atoms with E-state index in [0.29, 0.717) is 5.69 Å². The van der Waals surface area contributed by atoms with Crippen molar-refractivity contribution in [3.8, 4) is 5.75 Å². The van der Waals surface area contributed by atoms with E-state index >= 15 is 0 Å². The van der Waals surface area contributed by atoms with E-state index in [-0.39, 0.29) is 11.6 Å². The van der Waals surface area contributed by atoms with E-state index in [1.54, 1.807) is 0 Å². The predicted octanol–water partition coefficient (Wildman–Crippen LogP) is 2.86. The number of nitrogens with zero attached hydrogens (tertiary/aromatic N) is 3. The van der Waals surface area contributed by atoms with Gasteiger partial charge < -0.3 is 14.6 Å². The highest BCUT2D eigenvalue weighted by molar-refractivity contribution is 6.03. The second-order valence-electron chi connectivity index (χ2n) is 5.20. The van der Waals surface area contributed by atoms with Gasteiger partial charge in [0.1, 0.15) is 11.5 Å². The zero-order chi connectivity index (χ0) is 16.2. The lowest BCUT2D eigenvalue weighted by atomic mass is 10.2. The van der Waals surface area contributed by atoms with E-state index in [1.165, 1.54) is 24.5 Å². The largest absolute Gasteiger partial charge is 0.431 e. The summed E-state index contributed by atoms with van der Waals surface area (Å²) in [6.45, 7) is -2.26. The van der Waals surface area contributed by atoms with Crippen molar-refractivity contribution >= 4 is 11.7 Å². The normalized spacial score (nSPS) is 14.2. The topological polar surface area (TPSA) is 69.0 Å². The van der Waals surface area contributed by atoms with Crippen molar-refractivity contribution in [2.45, 2.75) is 38.8 Å². The molecule has 8 heteroatoms. The molecule has 0 radical (unpaired) electrons. The summed E-state index contributed by atoms with van der Waals surface area (Å²) in [5.41, 5.74) is 0.399. The maximum Gasteiger partial charge on any atom is 0.387 e. The van der Waals surface area contributed by atoms with E-state index in [1.807, 2.05) is 4.57 Å². The number of ether oxygens (including phenoxy) is 1. The first-order valence-electron chi connectivity index (χ1n) is 7.41. The monoisotopic (exact) mass is 322 g/mol. The fourth-order valence-electron chi connectivity index (χ4n) is 2.62. The van der Waals surface area contributed by atoms with Gasteiger partial charge >= 0.3 is 6.61 Å². The number of aromatic nitrogens is 3. The molecule has 0 unspecified atom stereocenters. The Labute approximate surface area is 131 Å². The third-order valence-corrected chi connectivity index (χ3v) is 3.67. The summed E-state index contributed by atoms with van der Waals surface area (Å²) in [4.78, 5) is 20.6. The third kappa shape index (κ3) is 3.46. The van der Waals surface area contributed by atoms with Crippen molar-refractivity contribution in [2.24, 2.45) is 0 Å². The van der Waals surface area contributed by atoms with E-state index < -0.39 is 12.5 Å². The Morgan fingerprint density at radius 3 is 3.00 bits per heavy atom. The molecule has 1 N–H and O–H groups in total. The molecule has 23 heavy (non-hydrogen) atoms. The highest BCUT2D eigenvalue weighted by Crippen LogP contribution is 2.24. The molecule has 0 aromatic carbocycles. The average Bonchev–Trinajstić information content (AvgIpc) is 2.78. The molecular weight excluding hydrogens is 306 g/mol. The highest BCUT2D eigenvalue weighted by Gasteiger charge is 2.20. The number of hydrogen-bond donors (Lipinski definition) is 1. The molecule has 0 atom stereocenters. The lowest BCUT2D eigenvalue weighted by Crippen LogP contribution is -2.19. The Kier molecular flexibility index (Phi) is 4.50. The molecule has 122 valence electrons. The van der Waals surface area contributed by atoms with Crippen molar-refractivity contribution in [3.63, 3.8) is 0 Å². The number of rotatable bonds is 4. The molecule has 0 bridgehead atoms. The van der Waals surface area contributed by atoms with Crippen molar-refractivity contribution in [1.29, 1.82) is 0 Å². The van der Waals surface area contributed by atoms with Crippen LogP contribution in [0.3, 0.4) is 0 Å². The van der Waals surface area contributed by atoms with Crippen molar-refractivity contribution in [3.05, 3.63) is 36.0 Å². The first-order valence-corrected chi connectivity index (χ1v) is 7.41. The minimum absolute atomic E-state index is 0.0398. The number of alkyl halides is 2. The van der Waals surface area contributed by atoms with E-state index in [0.717, 1.165) is 38.1 Å². The Bertz CT molecular complexity index is 703. The molecule has 0 spiro atoms. The summed E-state index contributed by atoms with van der Waals surface area (Å²) in [6, 6.07) is 2.78. The Morgan fingerprint density at radius 1 is 1.30 bits per heavy atom. The van der Waals surface area contributed by atoms with Crippen LogP contribution in [-0.4, -0.2) is 27.1 Å². The standard InChI is InChI=1S/C15H16F2N4O2/c16-15(17)23-11-5-4-7-18-13(11)20-14(22)10-9-19-12-6-2-1-3-8-21(10)12/h4-5,7,9,15H,1-3,6,8H2,(H,18,20,22). The van der Waals surface area contributed by atoms with Crippen LogP contribution < -0.4 is 10.1 Å². The van der Waals surface area contributed by atoms with Crippen LogP contribution in [0.4, 0.5) is 14.6 Å². The number of aryl methyl sites for hydroxylation is 1. The molecule has 2 aromatic rings. The van der Waals surface area contributed by atoms with Crippen molar-refractivity contribution in [1.82, 2.24) is 14.5 Å². The Balaban J connectivity index is 1.82. The van der Waals surface area contributed by atoms with Gasteiger partial charge in [0.25, 0.3) is 5.91 Å². The van der Waals surface area contributed by atoms with Crippen LogP contribution >= 0.6 is 0 Å². The fourth-order valence-corrected chi connectivity index (χ4v) is 2.62. The Morgan fingerprint density at radius 2 is 2.17 bits per heavy atom. The first-order chi connectivity index (χ1) is 11.1. The van der Waals surface area contributed by atoms with Crippen molar-refractivity contribution in [2.75, 3.05) is 5.32 Å². The maximum absolute atomic E-state index is 12.4. The molecule has 1 aliphatic heterocycles. The number of halogens is 2. The zero-order valence-electron chi connectivity index (χ0n) is 12.3. The maximum atomic E-state index is 12.4. The van der Waals surface area contributed by atoms with E-state index in [4.69, 9.17) is 0 Å². The number of carbonyl (C=O) groups excluding carboxylic acids is 1. The van der Waals surface area contributed by atoms with Gasteiger partial charge in [0.2, 0.25) is 0 Å². The van der Waals surface area contributed by atoms with Gasteiger partial charge in [-0.15, -0.1) is 0 Å². The summed E-state index contributed by atoms with van der Waals surface area (Å²) in [5, 5.41) is 2.52. The van der Waals surface area contributed by atoms with Gasteiger partial charge in [-0.3, -0.25) is 4.79 Å². The number of imidazole rings is 1. The number of carbonyl (C=O) groups is 1. The van der Waals surface area contributed by atoms with E-state index in [9.17, 15) is 13.6 Å². The van der Waals surface area contributed by atoms with Crippen LogP contribution in [0.2, 0.25) is 0 Å². The lowest BCUT2D eigenvalue weighted by molar-refractivity contribution is -0.0495. The van der Waals surface area contributed by atoms with Crippen LogP contribution in [0.1, 0.15) is 35.6 Å². The number of amides is 1. The summed E-state index contributed by atoms with van der Waals surface area (Å²) in [6.07, 6.45) is 6.85. The van der Waals surface area contributed by atoms with Crippen molar-refractivity contribution < 1.29 is 18.3 Å². The molecule has 1 aliphatic rings. The average molecular weight is 322 g/mol. The van der Waals surface area contributed by atoms with Gasteiger partial charge in [-0.25, -0.2) is 9.97 Å². The van der Waals surface area contributed by atoms with Crippen LogP contribution in [0.5, 0.6) is 5.75 Å². The molecule has 0 saturated carbocycles. The fraction of sp³-hybridized carbons (Fsp3) is 0.400. The zero-order valence-corrected chi connectivity index (χ0v) is 12.3. The summed E-state index contributed by atoms with van der Waals surface area (Å²) < 4.78 is 31.0. The van der Waals surface area contributed by atoms with Crippen LogP contribution in [0.15, 0.2) is 24.5 Å². The molecule has 3 rings (SSSR count). The summed E-state index contributed by atoms with van der Waals surface area (Å²) in [7, 11) is 0. The molecule has 0 fully saturated rings. The summed E-state index contributed by atoms with van der Waals surface area (Å²) in [5.74, 6) is 0.217. The van der Waals surface area contributed by atoms with Crippen LogP contribution in [0.25, 0.3) is 0 Å². The molecule has 0 saturated heterocycles. The third-order valence-electron chi connectivity index (χ3n) is 3.67. The van der Waals surface area contributed by atoms with Gasteiger partial charge in [-0.2, -0.15) is 8.78 Å².